The molecule has 0 aliphatic heterocycles. The summed E-state index contributed by atoms with van der Waals surface area (Å²) < 4.78 is 0. The molecule has 0 aromatic heterocycles. The molecule has 0 spiro atoms. The van der Waals surface area contributed by atoms with Crippen LogP contribution in [-0.4, -0.2) is 17.5 Å². The Kier molecular flexibility index (Phi) is 13.3. The summed E-state index contributed by atoms with van der Waals surface area (Å²) in [7, 11) is 0. The number of aryl methyl sites for hydroxylation is 1. The third-order valence-electron chi connectivity index (χ3n) is 6.09. The van der Waals surface area contributed by atoms with Gasteiger partial charge in [0.2, 0.25) is 0 Å². The van der Waals surface area contributed by atoms with Crippen LogP contribution in [0.3, 0.4) is 0 Å². The van der Waals surface area contributed by atoms with Crippen LogP contribution in [0.25, 0.3) is 0 Å². The van der Waals surface area contributed by atoms with Gasteiger partial charge in [-0.15, -0.1) is 11.8 Å². The molecule has 10 radical (unpaired) electrons. The Hall–Kier alpha value is -1.55. The second-order valence-corrected chi connectivity index (χ2v) is 9.97. The van der Waals surface area contributed by atoms with Crippen molar-refractivity contribution in [3.63, 3.8) is 0 Å². The molecule has 4 heteroatoms. The predicted molar refractivity (Wildman–Crippen MR) is 153 cm³/mol. The van der Waals surface area contributed by atoms with Crippen LogP contribution in [0.5, 0.6) is 0 Å². The Morgan fingerprint density at radius 1 is 0.676 bits per heavy atom. The van der Waals surface area contributed by atoms with Crippen molar-refractivity contribution in [2.45, 2.75) is 31.0 Å². The van der Waals surface area contributed by atoms with E-state index in [1.165, 1.54) is 32.8 Å². The fraction of sp³-hybridized carbons (Fsp3) is 0.152. The van der Waals surface area contributed by atoms with Crippen molar-refractivity contribution < 1.29 is 17.1 Å². The quantitative estimate of drug-likeness (QED) is 0.297. The molecule has 37 heavy (non-hydrogen) atoms. The third-order valence-corrected chi connectivity index (χ3v) is 7.19. The van der Waals surface area contributed by atoms with Crippen molar-refractivity contribution in [2.75, 3.05) is 6.54 Å². The summed E-state index contributed by atoms with van der Waals surface area (Å²) in [5.74, 6) is 1.31. The van der Waals surface area contributed by atoms with Gasteiger partial charge in [0, 0.05) is 41.7 Å². The maximum atomic E-state index is 6.40. The monoisotopic (exact) mass is 546 g/mol. The van der Waals surface area contributed by atoms with Gasteiger partial charge >= 0.3 is 17.1 Å². The van der Waals surface area contributed by atoms with E-state index >= 15 is 0 Å². The standard InChI is InChI=1S/C28H29N2S.C5H5.Fe/c1-22-15-17-25(18-16-22)31-28-14-8-13-26(28)27(19-29)30(20-23-9-4-2-5-10-23)21-24-11-6-3-7-12-24;1-2-4-5-3-1;/h2-18,27H,19-21,29H2,1H3;1-5H;/q;;+2/t27-;;/m1../s1. The normalized spacial score (nSPS) is 16.7. The molecule has 2 saturated carbocycles. The van der Waals surface area contributed by atoms with E-state index in [-0.39, 0.29) is 23.1 Å². The van der Waals surface area contributed by atoms with E-state index in [4.69, 9.17) is 5.73 Å². The summed E-state index contributed by atoms with van der Waals surface area (Å²) in [4.78, 5) is 3.76. The zero-order chi connectivity index (χ0) is 25.0. The van der Waals surface area contributed by atoms with Crippen LogP contribution in [0.1, 0.15) is 16.7 Å². The van der Waals surface area contributed by atoms with Crippen molar-refractivity contribution in [2.24, 2.45) is 5.73 Å². The minimum Gasteiger partial charge on any atom is -0.329 e. The van der Waals surface area contributed by atoms with Gasteiger partial charge in [-0.25, -0.2) is 0 Å². The Bertz CT molecular complexity index is 943. The summed E-state index contributed by atoms with van der Waals surface area (Å²) >= 11 is 1.82. The Morgan fingerprint density at radius 3 is 1.68 bits per heavy atom. The van der Waals surface area contributed by atoms with Crippen LogP contribution in [0.2, 0.25) is 0 Å². The van der Waals surface area contributed by atoms with Crippen LogP contribution >= 0.6 is 11.8 Å². The van der Waals surface area contributed by atoms with Gasteiger partial charge in [0.05, 0.1) is 0 Å². The van der Waals surface area contributed by atoms with Gasteiger partial charge in [-0.3, -0.25) is 4.90 Å². The minimum atomic E-state index is 0. The smallest absolute Gasteiger partial charge is 0.329 e. The number of nitrogens with two attached hydrogens (primary N) is 1. The maximum absolute atomic E-state index is 6.40. The fourth-order valence-corrected chi connectivity index (χ4v) is 5.22. The fourth-order valence-electron chi connectivity index (χ4n) is 4.22. The molecule has 2 fully saturated rings. The molecular formula is C33H34FeN2S+2. The molecule has 2 N–H and O–H groups in total. The molecule has 2 aliphatic rings. The molecule has 0 heterocycles. The van der Waals surface area contributed by atoms with E-state index in [9.17, 15) is 0 Å². The van der Waals surface area contributed by atoms with E-state index in [2.05, 4.69) is 116 Å². The van der Waals surface area contributed by atoms with Gasteiger partial charge in [0.25, 0.3) is 0 Å². The zero-order valence-electron chi connectivity index (χ0n) is 21.2. The molecule has 3 aromatic carbocycles. The zero-order valence-corrected chi connectivity index (χ0v) is 23.1. The number of nitrogens with zero attached hydrogens (tertiary/aromatic N) is 1. The van der Waals surface area contributed by atoms with E-state index in [0.29, 0.717) is 6.54 Å². The summed E-state index contributed by atoms with van der Waals surface area (Å²) in [6, 6.07) is 30.2. The first kappa shape index (κ1) is 30.0. The molecular weight excluding hydrogens is 512 g/mol. The van der Waals surface area contributed by atoms with E-state index in [0.717, 1.165) is 13.1 Å². The molecule has 0 amide bonds. The van der Waals surface area contributed by atoms with Gasteiger partial charge in [-0.1, -0.05) is 78.4 Å². The van der Waals surface area contributed by atoms with Crippen LogP contribution in [-0.2, 0) is 30.2 Å². The molecule has 0 unspecified atom stereocenters. The van der Waals surface area contributed by atoms with E-state index in [1.54, 1.807) is 0 Å². The maximum Gasteiger partial charge on any atom is 2.00 e. The van der Waals surface area contributed by atoms with Crippen LogP contribution in [0.15, 0.2) is 89.8 Å². The first-order valence-electron chi connectivity index (χ1n) is 12.4. The van der Waals surface area contributed by atoms with Crippen LogP contribution < -0.4 is 5.73 Å². The van der Waals surface area contributed by atoms with Crippen LogP contribution in [0, 0.1) is 69.5 Å². The number of rotatable bonds is 9. The third kappa shape index (κ3) is 9.61. The predicted octanol–water partition coefficient (Wildman–Crippen LogP) is 6.87. The topological polar surface area (TPSA) is 29.3 Å². The number of thioether (sulfide) groups is 1. The molecule has 2 aliphatic carbocycles. The summed E-state index contributed by atoms with van der Waals surface area (Å²) in [5, 5.41) is 1.28. The molecule has 188 valence electrons. The second kappa shape index (κ2) is 16.4. The Morgan fingerprint density at radius 2 is 1.19 bits per heavy atom. The number of benzene rings is 3. The first-order valence-corrected chi connectivity index (χ1v) is 13.2. The molecule has 5 rings (SSSR count). The number of hydrogen-bond donors (Lipinski definition) is 1. The summed E-state index contributed by atoms with van der Waals surface area (Å²) in [5.41, 5.74) is 10.3. The Balaban J connectivity index is 0.000000568. The van der Waals surface area contributed by atoms with Gasteiger partial charge in [0.15, 0.2) is 0 Å². The minimum absolute atomic E-state index is 0. The Labute approximate surface area is 240 Å². The average molecular weight is 547 g/mol. The largest absolute Gasteiger partial charge is 2.00 e. The van der Waals surface area contributed by atoms with Gasteiger partial charge in [0.1, 0.15) is 0 Å². The number of hydrogen-bond acceptors (Lipinski definition) is 3. The first-order chi connectivity index (χ1) is 17.7. The van der Waals surface area contributed by atoms with Crippen molar-refractivity contribution in [3.05, 3.63) is 164 Å². The van der Waals surface area contributed by atoms with Crippen LogP contribution in [0.4, 0.5) is 0 Å². The van der Waals surface area contributed by atoms with E-state index in [1.807, 2.05) is 43.9 Å². The van der Waals surface area contributed by atoms with Crippen molar-refractivity contribution in [1.82, 2.24) is 4.90 Å². The summed E-state index contributed by atoms with van der Waals surface area (Å²) in [6.45, 7) is 4.41. The van der Waals surface area contributed by atoms with Gasteiger partial charge < -0.3 is 5.73 Å². The molecule has 0 bridgehead atoms. The van der Waals surface area contributed by atoms with Crippen molar-refractivity contribution >= 4 is 11.8 Å². The SMILES string of the molecule is Cc1ccc(S[C]2[CH][CH][CH][C]2[C@@H](CN)N(Cc2ccccc2)Cc2ccccc2)cc1.[CH]1[CH][CH][CH][CH]1.[Fe+2]. The molecule has 2 nitrogen and oxygen atoms in total. The van der Waals surface area contributed by atoms with Gasteiger partial charge in [-0.05, 0) is 81.5 Å². The van der Waals surface area contributed by atoms with E-state index < -0.39 is 0 Å². The molecule has 1 atom stereocenters. The van der Waals surface area contributed by atoms with Gasteiger partial charge in [-0.2, -0.15) is 0 Å². The second-order valence-electron chi connectivity index (χ2n) is 8.85. The average Bonchev–Trinajstić information content (AvgIpc) is 3.63. The molecule has 0 saturated heterocycles. The summed E-state index contributed by atoms with van der Waals surface area (Å²) in [6.07, 6.45) is 16.6. The molecule has 3 aromatic rings. The van der Waals surface area contributed by atoms with Crippen molar-refractivity contribution in [1.29, 1.82) is 0 Å². The van der Waals surface area contributed by atoms with Crippen molar-refractivity contribution in [3.8, 4) is 0 Å².